The van der Waals surface area contributed by atoms with Crippen molar-refractivity contribution in [2.24, 2.45) is 0 Å². The summed E-state index contributed by atoms with van der Waals surface area (Å²) in [6.07, 6.45) is 2.05. The molecular weight excluding hydrogens is 274 g/mol. The largest absolute Gasteiger partial charge is 0.507 e. The minimum Gasteiger partial charge on any atom is -0.507 e. The van der Waals surface area contributed by atoms with Crippen LogP contribution in [-0.2, 0) is 6.42 Å². The molecule has 0 aromatic heterocycles. The van der Waals surface area contributed by atoms with E-state index < -0.39 is 6.08 Å². The van der Waals surface area contributed by atoms with Crippen molar-refractivity contribution in [3.05, 3.63) is 34.4 Å². The van der Waals surface area contributed by atoms with E-state index >= 15 is 0 Å². The zero-order valence-corrected chi connectivity index (χ0v) is 13.4. The third-order valence-electron chi connectivity index (χ3n) is 3.82. The van der Waals surface area contributed by atoms with Crippen molar-refractivity contribution in [1.29, 1.82) is 0 Å². The van der Waals surface area contributed by atoms with Gasteiger partial charge in [0.05, 0.1) is 6.10 Å². The molecule has 1 N–H and O–H groups in total. The topological polar surface area (TPSA) is 29.5 Å². The Morgan fingerprint density at radius 1 is 1.24 bits per heavy atom. The Labute approximate surface area is 125 Å². The molecule has 118 valence electrons. The number of allylic oxidation sites excluding steroid dienone is 1. The quantitative estimate of drug-likeness (QED) is 0.771. The van der Waals surface area contributed by atoms with Gasteiger partial charge in [0.25, 0.3) is 6.08 Å². The van der Waals surface area contributed by atoms with Gasteiger partial charge >= 0.3 is 0 Å². The Balaban J connectivity index is 0.000000315. The first kappa shape index (κ1) is 17.5. The maximum absolute atomic E-state index is 10.9. The third kappa shape index (κ3) is 4.19. The van der Waals surface area contributed by atoms with Crippen LogP contribution >= 0.6 is 0 Å². The van der Waals surface area contributed by atoms with Gasteiger partial charge in [-0.05, 0) is 69.7 Å². The highest BCUT2D eigenvalue weighted by atomic mass is 19.3. The molecule has 0 unspecified atom stereocenters. The van der Waals surface area contributed by atoms with Crippen molar-refractivity contribution in [3.63, 3.8) is 0 Å². The second-order valence-corrected chi connectivity index (χ2v) is 5.40. The number of phenolic OH excluding ortho intramolecular Hbond substituents is 1. The molecule has 1 aliphatic rings. The first-order valence-electron chi connectivity index (χ1n) is 7.28. The number of phenols is 1. The molecule has 0 bridgehead atoms. The lowest BCUT2D eigenvalue weighted by molar-refractivity contribution is 0.190. The molecule has 1 atom stereocenters. The van der Waals surface area contributed by atoms with Gasteiger partial charge in [0.2, 0.25) is 0 Å². The van der Waals surface area contributed by atoms with E-state index in [0.717, 1.165) is 41.4 Å². The van der Waals surface area contributed by atoms with Crippen molar-refractivity contribution in [2.75, 3.05) is 0 Å². The highest BCUT2D eigenvalue weighted by Gasteiger charge is 2.23. The summed E-state index contributed by atoms with van der Waals surface area (Å²) in [5.74, 6) is 1.44. The van der Waals surface area contributed by atoms with Crippen LogP contribution in [0.4, 0.5) is 8.78 Å². The fraction of sp³-hybridized carbons (Fsp3) is 0.529. The van der Waals surface area contributed by atoms with Crippen LogP contribution in [0.2, 0.25) is 0 Å². The van der Waals surface area contributed by atoms with E-state index in [1.54, 1.807) is 6.92 Å². The van der Waals surface area contributed by atoms with Gasteiger partial charge in [-0.3, -0.25) is 0 Å². The number of hydrogen-bond donors (Lipinski definition) is 1. The molecule has 1 aromatic rings. The first-order chi connectivity index (χ1) is 9.79. The van der Waals surface area contributed by atoms with E-state index in [0.29, 0.717) is 18.3 Å². The SMILES string of the molecule is CCC=C(F)F.Cc1c(C)c2c(c(C)c1O)CC[C@@H](C)O2. The molecule has 0 saturated heterocycles. The number of aromatic hydroxyl groups is 1. The summed E-state index contributed by atoms with van der Waals surface area (Å²) in [6, 6.07) is 0. The van der Waals surface area contributed by atoms with Gasteiger partial charge < -0.3 is 9.84 Å². The monoisotopic (exact) mass is 298 g/mol. The lowest BCUT2D eigenvalue weighted by Crippen LogP contribution is -2.20. The van der Waals surface area contributed by atoms with Crippen LogP contribution in [0.25, 0.3) is 0 Å². The lowest BCUT2D eigenvalue weighted by atomic mass is 9.92. The molecule has 0 aliphatic carbocycles. The highest BCUT2D eigenvalue weighted by molar-refractivity contribution is 5.58. The Hall–Kier alpha value is -1.58. The van der Waals surface area contributed by atoms with Crippen molar-refractivity contribution >= 4 is 0 Å². The molecule has 0 amide bonds. The van der Waals surface area contributed by atoms with Gasteiger partial charge in [0, 0.05) is 5.56 Å². The summed E-state index contributed by atoms with van der Waals surface area (Å²) in [5.41, 5.74) is 4.20. The summed E-state index contributed by atoms with van der Waals surface area (Å²) in [6.45, 7) is 9.70. The van der Waals surface area contributed by atoms with Gasteiger partial charge in [-0.1, -0.05) is 6.92 Å². The number of fused-ring (bicyclic) bond motifs is 1. The van der Waals surface area contributed by atoms with Crippen molar-refractivity contribution < 1.29 is 18.6 Å². The zero-order chi connectivity index (χ0) is 16.2. The smallest absolute Gasteiger partial charge is 0.266 e. The average Bonchev–Trinajstić information content (AvgIpc) is 2.43. The van der Waals surface area contributed by atoms with Crippen LogP contribution in [0.1, 0.15) is 48.9 Å². The van der Waals surface area contributed by atoms with Crippen molar-refractivity contribution in [2.45, 2.75) is 60.0 Å². The third-order valence-corrected chi connectivity index (χ3v) is 3.82. The molecule has 2 nitrogen and oxygen atoms in total. The summed E-state index contributed by atoms with van der Waals surface area (Å²) in [4.78, 5) is 0. The van der Waals surface area contributed by atoms with E-state index in [2.05, 4.69) is 6.92 Å². The molecule has 1 aromatic carbocycles. The van der Waals surface area contributed by atoms with Crippen LogP contribution in [0.15, 0.2) is 12.2 Å². The minimum absolute atomic E-state index is 0.291. The van der Waals surface area contributed by atoms with Crippen molar-refractivity contribution in [3.8, 4) is 11.5 Å². The number of rotatable bonds is 1. The van der Waals surface area contributed by atoms with Crippen LogP contribution < -0.4 is 4.74 Å². The molecule has 0 spiro atoms. The molecule has 0 radical (unpaired) electrons. The average molecular weight is 298 g/mol. The van der Waals surface area contributed by atoms with Gasteiger partial charge in [0.1, 0.15) is 11.5 Å². The number of benzene rings is 1. The van der Waals surface area contributed by atoms with Crippen LogP contribution in [0, 0.1) is 20.8 Å². The molecule has 0 saturated carbocycles. The minimum atomic E-state index is -1.59. The second-order valence-electron chi connectivity index (χ2n) is 5.40. The highest BCUT2D eigenvalue weighted by Crippen LogP contribution is 2.40. The van der Waals surface area contributed by atoms with E-state index in [9.17, 15) is 13.9 Å². The number of hydrogen-bond acceptors (Lipinski definition) is 2. The summed E-state index contributed by atoms with van der Waals surface area (Å²) < 4.78 is 27.7. The molecule has 1 heterocycles. The van der Waals surface area contributed by atoms with Crippen LogP contribution in [0.5, 0.6) is 11.5 Å². The lowest BCUT2D eigenvalue weighted by Gasteiger charge is -2.27. The van der Waals surface area contributed by atoms with E-state index in [-0.39, 0.29) is 0 Å². The maximum Gasteiger partial charge on any atom is 0.266 e. The standard InChI is InChI=1S/C13H18O2.C4H6F2/c1-7-5-6-11-10(4)12(14)8(2)9(3)13(11)15-7;1-2-3-4(5)6/h7,14H,5-6H2,1-4H3;3H,2H2,1H3/t7-;/m1./s1. The second kappa shape index (κ2) is 7.43. The predicted molar refractivity (Wildman–Crippen MR) is 81.3 cm³/mol. The van der Waals surface area contributed by atoms with Crippen molar-refractivity contribution in [1.82, 2.24) is 0 Å². The fourth-order valence-electron chi connectivity index (χ4n) is 2.39. The summed E-state index contributed by atoms with van der Waals surface area (Å²) in [5, 5.41) is 9.95. The molecule has 21 heavy (non-hydrogen) atoms. The normalized spacial score (nSPS) is 16.2. The van der Waals surface area contributed by atoms with Gasteiger partial charge in [-0.2, -0.15) is 8.78 Å². The van der Waals surface area contributed by atoms with Gasteiger partial charge in [-0.15, -0.1) is 0 Å². The Bertz CT molecular complexity index is 532. The van der Waals surface area contributed by atoms with E-state index in [1.807, 2.05) is 20.8 Å². The summed E-state index contributed by atoms with van der Waals surface area (Å²) >= 11 is 0. The molecule has 1 aliphatic heterocycles. The van der Waals surface area contributed by atoms with Gasteiger partial charge in [0.15, 0.2) is 0 Å². The number of halogens is 2. The Kier molecular flexibility index (Phi) is 6.19. The first-order valence-corrected chi connectivity index (χ1v) is 7.28. The van der Waals surface area contributed by atoms with E-state index in [1.165, 1.54) is 5.56 Å². The molecule has 0 fully saturated rings. The van der Waals surface area contributed by atoms with Crippen LogP contribution in [0.3, 0.4) is 0 Å². The molecule has 4 heteroatoms. The Morgan fingerprint density at radius 2 is 1.86 bits per heavy atom. The fourth-order valence-corrected chi connectivity index (χ4v) is 2.39. The van der Waals surface area contributed by atoms with Gasteiger partial charge in [-0.25, -0.2) is 0 Å². The zero-order valence-electron chi connectivity index (χ0n) is 13.4. The number of ether oxygens (including phenoxy) is 1. The predicted octanol–water partition coefficient (Wildman–Crippen LogP) is 5.21. The molecule has 2 rings (SSSR count). The maximum atomic E-state index is 10.9. The molecular formula is C17H24F2O2. The summed E-state index contributed by atoms with van der Waals surface area (Å²) in [7, 11) is 0. The Morgan fingerprint density at radius 3 is 2.33 bits per heavy atom. The van der Waals surface area contributed by atoms with E-state index in [4.69, 9.17) is 4.74 Å². The van der Waals surface area contributed by atoms with Crippen LogP contribution in [-0.4, -0.2) is 11.2 Å².